The highest BCUT2D eigenvalue weighted by molar-refractivity contribution is 6.22. The summed E-state index contributed by atoms with van der Waals surface area (Å²) < 4.78 is 10.9. The van der Waals surface area contributed by atoms with E-state index in [0.29, 0.717) is 5.95 Å². The topological polar surface area (TPSA) is 48.8 Å². The molecule has 0 fully saturated rings. The number of furan rings is 1. The van der Waals surface area contributed by atoms with E-state index >= 15 is 0 Å². The summed E-state index contributed by atoms with van der Waals surface area (Å²) >= 11 is 0. The molecule has 8 aromatic carbocycles. The summed E-state index contributed by atoms with van der Waals surface area (Å²) in [6.45, 7) is 0. The Kier molecular flexibility index (Phi) is 5.57. The maximum atomic E-state index is 6.20. The first kappa shape index (κ1) is 29.0. The molecule has 0 radical (unpaired) electrons. The normalized spacial score (nSPS) is 12.4. The van der Waals surface area contributed by atoms with Gasteiger partial charge in [-0.15, -0.1) is 0 Å². The average Bonchev–Trinajstić information content (AvgIpc) is 3.86. The van der Waals surface area contributed by atoms with Crippen LogP contribution in [0.2, 0.25) is 0 Å². The molecule has 0 atom stereocenters. The monoisotopic (exact) mass is 700 g/mol. The molecule has 0 aliphatic carbocycles. The van der Waals surface area contributed by atoms with Gasteiger partial charge in [-0.3, -0.25) is 4.57 Å². The number of hydrogen-bond donors (Lipinski definition) is 0. The Hall–Kier alpha value is -7.50. The zero-order valence-electron chi connectivity index (χ0n) is 29.4. The maximum absolute atomic E-state index is 6.20. The SMILES string of the molecule is c1ccc2c(c1)-c1ccccc1-n1c3cc4c5ccccc5n(-c5nc(-c6ccc7oc8ccccc8c7c6)c6ccccc6n5)c4cc3c3cccc-2c31. The van der Waals surface area contributed by atoms with Crippen molar-refractivity contribution in [2.75, 3.05) is 0 Å². The largest absolute Gasteiger partial charge is 0.456 e. The molecule has 0 bridgehead atoms. The van der Waals surface area contributed by atoms with Crippen LogP contribution >= 0.6 is 0 Å². The Morgan fingerprint density at radius 3 is 1.91 bits per heavy atom. The predicted octanol–water partition coefficient (Wildman–Crippen LogP) is 13.0. The van der Waals surface area contributed by atoms with E-state index in [2.05, 4.69) is 167 Å². The van der Waals surface area contributed by atoms with Gasteiger partial charge in [-0.2, -0.15) is 0 Å². The fourth-order valence-corrected chi connectivity index (χ4v) is 9.32. The number of para-hydroxylation sites is 5. The highest BCUT2D eigenvalue weighted by Crippen LogP contribution is 2.48. The van der Waals surface area contributed by atoms with Gasteiger partial charge in [0, 0.05) is 54.4 Å². The lowest BCUT2D eigenvalue weighted by Gasteiger charge is -2.13. The lowest BCUT2D eigenvalue weighted by atomic mass is 9.94. The van der Waals surface area contributed by atoms with Crippen molar-refractivity contribution in [1.82, 2.24) is 19.1 Å². The molecule has 5 heteroatoms. The number of aromatic nitrogens is 4. The minimum Gasteiger partial charge on any atom is -0.456 e. The second kappa shape index (κ2) is 10.6. The first-order chi connectivity index (χ1) is 27.3. The van der Waals surface area contributed by atoms with Crippen LogP contribution in [0.25, 0.3) is 122 Å². The van der Waals surface area contributed by atoms with Crippen molar-refractivity contribution in [3.05, 3.63) is 170 Å². The lowest BCUT2D eigenvalue weighted by molar-refractivity contribution is 0.669. The Labute approximate surface area is 313 Å². The van der Waals surface area contributed by atoms with Crippen molar-refractivity contribution >= 4 is 76.5 Å². The van der Waals surface area contributed by atoms with Crippen LogP contribution in [-0.2, 0) is 0 Å². The molecule has 1 aliphatic rings. The minimum atomic E-state index is 0.640. The Balaban J connectivity index is 1.13. The van der Waals surface area contributed by atoms with Crippen LogP contribution in [-0.4, -0.2) is 19.1 Å². The van der Waals surface area contributed by atoms with Crippen LogP contribution < -0.4 is 0 Å². The van der Waals surface area contributed by atoms with Gasteiger partial charge in [0.2, 0.25) is 5.95 Å². The second-order valence-corrected chi connectivity index (χ2v) is 14.5. The molecule has 5 nitrogen and oxygen atoms in total. The van der Waals surface area contributed by atoms with Crippen LogP contribution in [0.15, 0.2) is 174 Å². The summed E-state index contributed by atoms with van der Waals surface area (Å²) in [5.74, 6) is 0.640. The van der Waals surface area contributed by atoms with Crippen molar-refractivity contribution in [3.63, 3.8) is 0 Å². The molecule has 13 rings (SSSR count). The van der Waals surface area contributed by atoms with E-state index in [1.165, 1.54) is 49.7 Å². The van der Waals surface area contributed by atoms with E-state index < -0.39 is 0 Å². The van der Waals surface area contributed by atoms with Gasteiger partial charge in [-0.05, 0) is 65.7 Å². The van der Waals surface area contributed by atoms with Gasteiger partial charge in [0.25, 0.3) is 0 Å². The molecular weight excluding hydrogens is 673 g/mol. The molecule has 0 saturated heterocycles. The van der Waals surface area contributed by atoms with Crippen LogP contribution in [0.4, 0.5) is 0 Å². The molecule has 0 saturated carbocycles. The zero-order valence-corrected chi connectivity index (χ0v) is 29.4. The number of benzene rings is 8. The van der Waals surface area contributed by atoms with Gasteiger partial charge < -0.3 is 8.98 Å². The Bertz CT molecular complexity index is 3620. The lowest BCUT2D eigenvalue weighted by Crippen LogP contribution is -2.03. The first-order valence-corrected chi connectivity index (χ1v) is 18.7. The summed E-state index contributed by atoms with van der Waals surface area (Å²) in [4.78, 5) is 10.7. The number of hydrogen-bond acceptors (Lipinski definition) is 3. The van der Waals surface area contributed by atoms with Crippen molar-refractivity contribution in [2.24, 2.45) is 0 Å². The quantitative estimate of drug-likeness (QED) is 0.180. The van der Waals surface area contributed by atoms with Crippen molar-refractivity contribution < 1.29 is 4.42 Å². The van der Waals surface area contributed by atoms with E-state index in [1.54, 1.807) is 0 Å². The average molecular weight is 701 g/mol. The summed E-state index contributed by atoms with van der Waals surface area (Å²) in [7, 11) is 0. The fraction of sp³-hybridized carbons (Fsp3) is 0. The molecule has 0 N–H and O–H groups in total. The smallest absolute Gasteiger partial charge is 0.235 e. The molecule has 0 spiro atoms. The molecule has 1 aliphatic heterocycles. The maximum Gasteiger partial charge on any atom is 0.235 e. The fourth-order valence-electron chi connectivity index (χ4n) is 9.32. The van der Waals surface area contributed by atoms with E-state index in [0.717, 1.165) is 65.9 Å². The van der Waals surface area contributed by atoms with Crippen LogP contribution in [0, 0.1) is 0 Å². The third-order valence-electron chi connectivity index (χ3n) is 11.7. The van der Waals surface area contributed by atoms with Gasteiger partial charge in [0.05, 0.1) is 39.0 Å². The van der Waals surface area contributed by atoms with Gasteiger partial charge in [-0.1, -0.05) is 115 Å². The first-order valence-electron chi connectivity index (χ1n) is 18.7. The van der Waals surface area contributed by atoms with Gasteiger partial charge >= 0.3 is 0 Å². The van der Waals surface area contributed by atoms with Crippen LogP contribution in [0.1, 0.15) is 0 Å². The van der Waals surface area contributed by atoms with E-state index in [-0.39, 0.29) is 0 Å². The third-order valence-corrected chi connectivity index (χ3v) is 11.7. The summed E-state index contributed by atoms with van der Waals surface area (Å²) in [6.07, 6.45) is 0. The van der Waals surface area contributed by atoms with E-state index in [9.17, 15) is 0 Å². The molecule has 0 amide bonds. The summed E-state index contributed by atoms with van der Waals surface area (Å²) in [6, 6.07) is 60.7. The molecule has 0 unspecified atom stereocenters. The number of fused-ring (bicyclic) bond motifs is 15. The molecule has 5 heterocycles. The van der Waals surface area contributed by atoms with Crippen molar-refractivity contribution in [3.8, 4) is 45.1 Å². The van der Waals surface area contributed by atoms with Gasteiger partial charge in [-0.25, -0.2) is 9.97 Å². The molecular formula is C50H28N4O. The minimum absolute atomic E-state index is 0.640. The van der Waals surface area contributed by atoms with Gasteiger partial charge in [0.1, 0.15) is 11.2 Å². The van der Waals surface area contributed by atoms with Crippen molar-refractivity contribution in [2.45, 2.75) is 0 Å². The van der Waals surface area contributed by atoms with Crippen LogP contribution in [0.5, 0.6) is 0 Å². The molecule has 254 valence electrons. The highest BCUT2D eigenvalue weighted by atomic mass is 16.3. The third kappa shape index (κ3) is 3.86. The molecule has 12 aromatic rings. The Morgan fingerprint density at radius 2 is 1.02 bits per heavy atom. The van der Waals surface area contributed by atoms with E-state index in [4.69, 9.17) is 14.4 Å². The number of rotatable bonds is 2. The van der Waals surface area contributed by atoms with Gasteiger partial charge in [0.15, 0.2) is 0 Å². The summed E-state index contributed by atoms with van der Waals surface area (Å²) in [5, 5.41) is 7.91. The van der Waals surface area contributed by atoms with Crippen molar-refractivity contribution in [1.29, 1.82) is 0 Å². The highest BCUT2D eigenvalue weighted by Gasteiger charge is 2.26. The predicted molar refractivity (Wildman–Crippen MR) is 225 cm³/mol. The standard InChI is InChI=1S/C50H28N4O/c1-2-13-31-30(12-1)32-14-4-8-21-42(32)53-44-27-38-33-15-5-9-22-43(33)54(45(38)28-39(44)36-19-11-18-35(31)49(36)53)50-51-41-20-7-3-17-37(41)48(52-50)29-24-25-47-40(26-29)34-16-6-10-23-46(34)55-47/h1-28H. The number of nitrogens with zero attached hydrogens (tertiary/aromatic N) is 4. The summed E-state index contributed by atoms with van der Waals surface area (Å²) in [5.41, 5.74) is 15.3. The molecule has 55 heavy (non-hydrogen) atoms. The van der Waals surface area contributed by atoms with E-state index in [1.807, 2.05) is 12.1 Å². The van der Waals surface area contributed by atoms with Crippen LogP contribution in [0.3, 0.4) is 0 Å². The second-order valence-electron chi connectivity index (χ2n) is 14.5. The molecule has 4 aromatic heterocycles. The Morgan fingerprint density at radius 1 is 0.382 bits per heavy atom. The zero-order chi connectivity index (χ0) is 35.8.